The van der Waals surface area contributed by atoms with Crippen LogP contribution in [0.5, 0.6) is 11.5 Å². The van der Waals surface area contributed by atoms with Crippen LogP contribution >= 0.6 is 0 Å². The monoisotopic (exact) mass is 422 g/mol. The fourth-order valence-corrected chi connectivity index (χ4v) is 3.53. The van der Waals surface area contributed by atoms with Crippen molar-refractivity contribution in [1.82, 2.24) is 10.3 Å². The molecule has 0 aliphatic carbocycles. The Kier molecular flexibility index (Phi) is 6.59. The van der Waals surface area contributed by atoms with E-state index in [4.69, 9.17) is 15.2 Å². The summed E-state index contributed by atoms with van der Waals surface area (Å²) >= 11 is 0. The molecular weight excluding hydrogens is 396 g/mol. The standard InChI is InChI=1S/C23H26N4O4/c1-5-15-14(11-25-13(2)28)7-6-8-18(15)27-22-16-9-20(30-3)21(31-4)10-19(16)26-12-17(22)23(24)29/h6-10,12H,5,11H2,1-4H3,(H2,24,29)(H,25,28)(H,26,27). The lowest BCUT2D eigenvalue weighted by Crippen LogP contribution is -2.20. The highest BCUT2D eigenvalue weighted by Gasteiger charge is 2.18. The van der Waals surface area contributed by atoms with Gasteiger partial charge in [-0.3, -0.25) is 14.6 Å². The first-order chi connectivity index (χ1) is 14.9. The molecular formula is C23H26N4O4. The highest BCUT2D eigenvalue weighted by atomic mass is 16.5. The van der Waals surface area contributed by atoms with E-state index in [1.807, 2.05) is 25.1 Å². The smallest absolute Gasteiger partial charge is 0.252 e. The first-order valence-electron chi connectivity index (χ1n) is 9.86. The van der Waals surface area contributed by atoms with Gasteiger partial charge in [0, 0.05) is 36.8 Å². The number of carbonyl (C=O) groups excluding carboxylic acids is 2. The molecule has 0 fully saturated rings. The third-order valence-electron chi connectivity index (χ3n) is 5.05. The molecule has 8 nitrogen and oxygen atoms in total. The van der Waals surface area contributed by atoms with E-state index in [0.717, 1.165) is 23.2 Å². The number of methoxy groups -OCH3 is 2. The van der Waals surface area contributed by atoms with E-state index < -0.39 is 5.91 Å². The van der Waals surface area contributed by atoms with Crippen molar-refractivity contribution in [3.05, 3.63) is 53.2 Å². The molecule has 0 atom stereocenters. The predicted octanol–water partition coefficient (Wildman–Crippen LogP) is 3.29. The maximum absolute atomic E-state index is 12.2. The van der Waals surface area contributed by atoms with E-state index in [1.165, 1.54) is 13.1 Å². The van der Waals surface area contributed by atoms with Crippen LogP contribution in [-0.2, 0) is 17.8 Å². The van der Waals surface area contributed by atoms with Gasteiger partial charge in [0.25, 0.3) is 5.91 Å². The van der Waals surface area contributed by atoms with Crippen molar-refractivity contribution in [3.63, 3.8) is 0 Å². The van der Waals surface area contributed by atoms with Gasteiger partial charge in [-0.15, -0.1) is 0 Å². The van der Waals surface area contributed by atoms with Gasteiger partial charge in [-0.25, -0.2) is 0 Å². The molecule has 162 valence electrons. The number of carbonyl (C=O) groups is 2. The Labute approximate surface area is 180 Å². The van der Waals surface area contributed by atoms with Crippen molar-refractivity contribution >= 4 is 34.1 Å². The Morgan fingerprint density at radius 2 is 1.84 bits per heavy atom. The number of pyridine rings is 1. The number of anilines is 2. The van der Waals surface area contributed by atoms with Crippen LogP contribution in [0.2, 0.25) is 0 Å². The van der Waals surface area contributed by atoms with Crippen molar-refractivity contribution in [1.29, 1.82) is 0 Å². The molecule has 0 spiro atoms. The maximum atomic E-state index is 12.2. The predicted molar refractivity (Wildman–Crippen MR) is 120 cm³/mol. The number of amides is 2. The van der Waals surface area contributed by atoms with Crippen LogP contribution in [-0.4, -0.2) is 31.0 Å². The van der Waals surface area contributed by atoms with Gasteiger partial charge in [0.15, 0.2) is 11.5 Å². The zero-order chi connectivity index (χ0) is 22.5. The summed E-state index contributed by atoms with van der Waals surface area (Å²) in [6, 6.07) is 9.30. The van der Waals surface area contributed by atoms with Crippen LogP contribution in [0.3, 0.4) is 0 Å². The fraction of sp³-hybridized carbons (Fsp3) is 0.261. The van der Waals surface area contributed by atoms with Crippen LogP contribution in [0.1, 0.15) is 35.3 Å². The number of nitrogens with zero attached hydrogens (tertiary/aromatic N) is 1. The minimum Gasteiger partial charge on any atom is -0.493 e. The quantitative estimate of drug-likeness (QED) is 0.513. The molecule has 1 heterocycles. The van der Waals surface area contributed by atoms with Crippen molar-refractivity contribution < 1.29 is 19.1 Å². The minimum absolute atomic E-state index is 0.0994. The summed E-state index contributed by atoms with van der Waals surface area (Å²) in [5.41, 5.74) is 9.89. The Bertz CT molecular complexity index is 1140. The van der Waals surface area contributed by atoms with Crippen molar-refractivity contribution in [3.8, 4) is 11.5 Å². The molecule has 0 bridgehead atoms. The maximum Gasteiger partial charge on any atom is 0.252 e. The molecule has 3 rings (SSSR count). The summed E-state index contributed by atoms with van der Waals surface area (Å²) in [7, 11) is 3.09. The van der Waals surface area contributed by atoms with E-state index in [1.54, 1.807) is 26.4 Å². The lowest BCUT2D eigenvalue weighted by Gasteiger charge is -2.19. The number of primary amides is 1. The highest BCUT2D eigenvalue weighted by Crippen LogP contribution is 2.37. The van der Waals surface area contributed by atoms with Crippen molar-refractivity contribution in [2.24, 2.45) is 5.73 Å². The van der Waals surface area contributed by atoms with Gasteiger partial charge in [-0.1, -0.05) is 19.1 Å². The van der Waals surface area contributed by atoms with Crippen molar-refractivity contribution in [2.45, 2.75) is 26.8 Å². The van der Waals surface area contributed by atoms with Gasteiger partial charge < -0.3 is 25.8 Å². The number of aromatic nitrogens is 1. The molecule has 0 unspecified atom stereocenters. The van der Waals surface area contributed by atoms with Gasteiger partial charge in [-0.2, -0.15) is 0 Å². The van der Waals surface area contributed by atoms with Crippen LogP contribution in [0.4, 0.5) is 11.4 Å². The Balaban J connectivity index is 2.18. The first-order valence-corrected chi connectivity index (χ1v) is 9.86. The average molecular weight is 422 g/mol. The molecule has 3 aromatic rings. The molecule has 8 heteroatoms. The number of ether oxygens (including phenoxy) is 2. The Morgan fingerprint density at radius 1 is 1.13 bits per heavy atom. The van der Waals surface area contributed by atoms with E-state index >= 15 is 0 Å². The van der Waals surface area contributed by atoms with Gasteiger partial charge in [0.1, 0.15) is 0 Å². The summed E-state index contributed by atoms with van der Waals surface area (Å²) in [6.07, 6.45) is 2.18. The second-order valence-corrected chi connectivity index (χ2v) is 6.97. The lowest BCUT2D eigenvalue weighted by atomic mass is 10.0. The van der Waals surface area contributed by atoms with Crippen LogP contribution in [0.25, 0.3) is 10.9 Å². The molecule has 2 amide bonds. The summed E-state index contributed by atoms with van der Waals surface area (Å²) in [4.78, 5) is 27.9. The molecule has 31 heavy (non-hydrogen) atoms. The van der Waals surface area contributed by atoms with Gasteiger partial charge in [-0.05, 0) is 29.7 Å². The lowest BCUT2D eigenvalue weighted by molar-refractivity contribution is -0.119. The zero-order valence-electron chi connectivity index (χ0n) is 18.0. The normalized spacial score (nSPS) is 10.6. The average Bonchev–Trinajstić information content (AvgIpc) is 2.76. The number of rotatable bonds is 8. The minimum atomic E-state index is -0.598. The van der Waals surface area contributed by atoms with Gasteiger partial charge in [0.05, 0.1) is 31.0 Å². The second kappa shape index (κ2) is 9.34. The van der Waals surface area contributed by atoms with Crippen molar-refractivity contribution in [2.75, 3.05) is 19.5 Å². The van der Waals surface area contributed by atoms with E-state index in [9.17, 15) is 9.59 Å². The third kappa shape index (κ3) is 4.53. The first kappa shape index (κ1) is 21.9. The number of fused-ring (bicyclic) bond motifs is 1. The number of hydrogen-bond donors (Lipinski definition) is 3. The second-order valence-electron chi connectivity index (χ2n) is 6.97. The molecule has 1 aromatic heterocycles. The number of hydrogen-bond acceptors (Lipinski definition) is 6. The molecule has 0 aliphatic heterocycles. The Morgan fingerprint density at radius 3 is 2.45 bits per heavy atom. The summed E-state index contributed by atoms with van der Waals surface area (Å²) in [5.74, 6) is 0.347. The number of benzene rings is 2. The number of nitrogens with two attached hydrogens (primary N) is 1. The third-order valence-corrected chi connectivity index (χ3v) is 5.05. The number of nitrogens with one attached hydrogen (secondary N) is 2. The van der Waals surface area contributed by atoms with Crippen LogP contribution < -0.4 is 25.8 Å². The van der Waals surface area contributed by atoms with Crippen LogP contribution in [0, 0.1) is 0 Å². The SMILES string of the molecule is CCc1c(CNC(C)=O)cccc1Nc1c(C(N)=O)cnc2cc(OC)c(OC)cc12. The van der Waals surface area contributed by atoms with Crippen LogP contribution in [0.15, 0.2) is 36.5 Å². The molecule has 0 radical (unpaired) electrons. The molecule has 2 aromatic carbocycles. The van der Waals surface area contributed by atoms with Gasteiger partial charge >= 0.3 is 0 Å². The van der Waals surface area contributed by atoms with E-state index in [-0.39, 0.29) is 11.5 Å². The largest absolute Gasteiger partial charge is 0.493 e. The molecule has 0 saturated carbocycles. The topological polar surface area (TPSA) is 116 Å². The fourth-order valence-electron chi connectivity index (χ4n) is 3.53. The zero-order valence-corrected chi connectivity index (χ0v) is 18.0. The molecule has 0 aliphatic rings. The molecule has 0 saturated heterocycles. The van der Waals surface area contributed by atoms with E-state index in [2.05, 4.69) is 15.6 Å². The molecule has 4 N–H and O–H groups in total. The highest BCUT2D eigenvalue weighted by molar-refractivity contribution is 6.08. The van der Waals surface area contributed by atoms with E-state index in [0.29, 0.717) is 34.6 Å². The Hall–Kier alpha value is -3.81. The summed E-state index contributed by atoms with van der Waals surface area (Å²) in [5, 5.41) is 6.89. The summed E-state index contributed by atoms with van der Waals surface area (Å²) in [6.45, 7) is 3.93. The summed E-state index contributed by atoms with van der Waals surface area (Å²) < 4.78 is 10.8. The van der Waals surface area contributed by atoms with Gasteiger partial charge in [0.2, 0.25) is 5.91 Å².